The van der Waals surface area contributed by atoms with Gasteiger partial charge >= 0.3 is 0 Å². The summed E-state index contributed by atoms with van der Waals surface area (Å²) in [7, 11) is 1.89. The third-order valence-corrected chi connectivity index (χ3v) is 10.6. The zero-order valence-corrected chi connectivity index (χ0v) is 21.8. The molecule has 1 saturated heterocycles. The summed E-state index contributed by atoms with van der Waals surface area (Å²) in [6.45, 7) is 7.07. The normalized spacial score (nSPS) is 32.3. The number of nitrogens with zero attached hydrogens (tertiary/aromatic N) is 2. The van der Waals surface area contributed by atoms with Crippen molar-refractivity contribution in [1.82, 2.24) is 14.8 Å². The Morgan fingerprint density at radius 3 is 2.75 bits per heavy atom. The van der Waals surface area contributed by atoms with Crippen molar-refractivity contribution >= 4 is 5.91 Å². The van der Waals surface area contributed by atoms with Crippen LogP contribution >= 0.6 is 0 Å². The second kappa shape index (κ2) is 8.47. The lowest BCUT2D eigenvalue weighted by molar-refractivity contribution is -0.103. The molecule has 5 unspecified atom stereocenters. The minimum Gasteiger partial charge on any atom is -0.508 e. The Morgan fingerprint density at radius 1 is 1.22 bits per heavy atom. The molecule has 1 aliphatic heterocycles. The summed E-state index contributed by atoms with van der Waals surface area (Å²) in [5.74, 6) is 1.57. The topological polar surface area (TPSA) is 76.6 Å². The minimum atomic E-state index is -0.199. The molecule has 192 valence electrons. The number of fused-ring (bicyclic) bond motifs is 1. The van der Waals surface area contributed by atoms with E-state index in [0.29, 0.717) is 23.3 Å². The van der Waals surface area contributed by atoms with E-state index in [9.17, 15) is 14.7 Å². The van der Waals surface area contributed by atoms with Gasteiger partial charge in [-0.05, 0) is 105 Å². The van der Waals surface area contributed by atoms with E-state index in [-0.39, 0.29) is 28.3 Å². The Balaban J connectivity index is 1.32. The number of amides is 1. The van der Waals surface area contributed by atoms with Crippen molar-refractivity contribution in [3.8, 4) is 5.75 Å². The number of phenols is 1. The Labute approximate surface area is 213 Å². The maximum atomic E-state index is 13.3. The van der Waals surface area contributed by atoms with Crippen molar-refractivity contribution in [2.75, 3.05) is 20.1 Å². The molecule has 2 aromatic rings. The fraction of sp³-hybridized carbons (Fsp3) is 0.600. The number of aromatic nitrogens is 1. The lowest BCUT2D eigenvalue weighted by Gasteiger charge is -2.67. The van der Waals surface area contributed by atoms with Crippen molar-refractivity contribution in [1.29, 1.82) is 0 Å². The SMILES string of the molecule is CC(C1CCC2(C)C3Cc4ccc(O)cc4C2(CCN3CC2CC2)C1)N(C)C(=O)c1ccc(=O)[nH]c1. The fourth-order valence-corrected chi connectivity index (χ4v) is 8.09. The average Bonchev–Trinajstić information content (AvgIpc) is 3.69. The largest absolute Gasteiger partial charge is 0.508 e. The molecule has 0 spiro atoms. The predicted molar refractivity (Wildman–Crippen MR) is 140 cm³/mol. The maximum Gasteiger partial charge on any atom is 0.255 e. The minimum absolute atomic E-state index is 0.0170. The van der Waals surface area contributed by atoms with Crippen LogP contribution in [0.15, 0.2) is 41.3 Å². The van der Waals surface area contributed by atoms with E-state index < -0.39 is 0 Å². The standard InChI is InChI=1S/C30H39N3O3/c1-19(32(3)28(36)23-7-9-27(35)31-17-23)22-10-11-29(2)26-14-21-6-8-24(34)15-25(21)30(29,16-22)12-13-33(26)18-20-4-5-20/h6-9,15,17,19-20,22,26,34H,4-5,10-14,16,18H2,1-3H3,(H,31,35). The van der Waals surface area contributed by atoms with E-state index in [1.165, 1.54) is 42.8 Å². The number of benzene rings is 1. The molecule has 1 amide bonds. The van der Waals surface area contributed by atoms with Crippen LogP contribution in [0.25, 0.3) is 0 Å². The van der Waals surface area contributed by atoms with Gasteiger partial charge in [0.15, 0.2) is 0 Å². The van der Waals surface area contributed by atoms with Crippen LogP contribution in [0.4, 0.5) is 0 Å². The molecule has 1 aromatic carbocycles. The lowest BCUT2D eigenvalue weighted by atomic mass is 9.43. The second-order valence-electron chi connectivity index (χ2n) is 12.4. The summed E-state index contributed by atoms with van der Waals surface area (Å²) in [5.41, 5.74) is 3.27. The smallest absolute Gasteiger partial charge is 0.255 e. The van der Waals surface area contributed by atoms with E-state index in [2.05, 4.69) is 35.9 Å². The molecule has 2 saturated carbocycles. The molecular weight excluding hydrogens is 450 g/mol. The number of phenolic OH excluding ortho intramolecular Hbond substituents is 1. The van der Waals surface area contributed by atoms with E-state index in [0.717, 1.165) is 44.6 Å². The highest BCUT2D eigenvalue weighted by molar-refractivity contribution is 5.93. The molecule has 4 aliphatic rings. The molecule has 6 nitrogen and oxygen atoms in total. The molecule has 2 heterocycles. The van der Waals surface area contributed by atoms with Crippen molar-refractivity contribution in [3.05, 3.63) is 63.6 Å². The van der Waals surface area contributed by atoms with E-state index >= 15 is 0 Å². The number of aromatic hydroxyl groups is 1. The van der Waals surface area contributed by atoms with Crippen molar-refractivity contribution in [2.45, 2.75) is 76.3 Å². The summed E-state index contributed by atoms with van der Waals surface area (Å²) < 4.78 is 0. The first-order chi connectivity index (χ1) is 17.2. The Bertz CT molecular complexity index is 1220. The highest BCUT2D eigenvalue weighted by atomic mass is 16.3. The molecule has 0 radical (unpaired) electrons. The van der Waals surface area contributed by atoms with Crippen molar-refractivity contribution in [2.24, 2.45) is 17.3 Å². The van der Waals surface area contributed by atoms with Gasteiger partial charge in [-0.2, -0.15) is 0 Å². The fourth-order valence-electron chi connectivity index (χ4n) is 8.09. The predicted octanol–water partition coefficient (Wildman–Crippen LogP) is 4.33. The van der Waals surface area contributed by atoms with Crippen LogP contribution < -0.4 is 5.56 Å². The highest BCUT2D eigenvalue weighted by Crippen LogP contribution is 2.64. The molecule has 3 aliphatic carbocycles. The quantitative estimate of drug-likeness (QED) is 0.656. The average molecular weight is 490 g/mol. The number of carbonyl (C=O) groups is 1. The Hall–Kier alpha value is -2.60. The number of aromatic amines is 1. The van der Waals surface area contributed by atoms with E-state index in [4.69, 9.17) is 0 Å². The number of rotatable bonds is 5. The third-order valence-electron chi connectivity index (χ3n) is 10.6. The highest BCUT2D eigenvalue weighted by Gasteiger charge is 2.63. The van der Waals surface area contributed by atoms with Gasteiger partial charge in [-0.3, -0.25) is 14.5 Å². The number of nitrogens with one attached hydrogen (secondary N) is 1. The Morgan fingerprint density at radius 2 is 2.03 bits per heavy atom. The molecule has 6 rings (SSSR count). The van der Waals surface area contributed by atoms with Crippen LogP contribution in [0.1, 0.15) is 73.9 Å². The van der Waals surface area contributed by atoms with Crippen molar-refractivity contribution < 1.29 is 9.90 Å². The molecule has 36 heavy (non-hydrogen) atoms. The first-order valence-corrected chi connectivity index (χ1v) is 13.7. The molecular formula is C30H39N3O3. The number of piperidine rings is 1. The molecule has 3 fully saturated rings. The van der Waals surface area contributed by atoms with Gasteiger partial charge in [0, 0.05) is 43.4 Å². The first-order valence-electron chi connectivity index (χ1n) is 13.7. The van der Waals surface area contributed by atoms with Gasteiger partial charge in [-0.1, -0.05) is 13.0 Å². The van der Waals surface area contributed by atoms with Crippen LogP contribution in [0.3, 0.4) is 0 Å². The van der Waals surface area contributed by atoms with Gasteiger partial charge in [-0.15, -0.1) is 0 Å². The summed E-state index contributed by atoms with van der Waals surface area (Å²) in [6, 6.07) is 9.73. The van der Waals surface area contributed by atoms with Gasteiger partial charge in [-0.25, -0.2) is 0 Å². The maximum absolute atomic E-state index is 13.3. The van der Waals surface area contributed by atoms with Crippen LogP contribution in [-0.4, -0.2) is 58.0 Å². The molecule has 2 N–H and O–H groups in total. The monoisotopic (exact) mass is 489 g/mol. The number of likely N-dealkylation sites (tertiary alicyclic amines) is 1. The van der Waals surface area contributed by atoms with Crippen LogP contribution in [0, 0.1) is 17.3 Å². The summed E-state index contributed by atoms with van der Waals surface area (Å²) in [6.07, 6.45) is 9.75. The number of hydrogen-bond donors (Lipinski definition) is 2. The first kappa shape index (κ1) is 23.8. The molecule has 2 bridgehead atoms. The van der Waals surface area contributed by atoms with Crippen LogP contribution in [0.5, 0.6) is 5.75 Å². The molecule has 1 aromatic heterocycles. The number of hydrogen-bond acceptors (Lipinski definition) is 4. The molecule has 6 heteroatoms. The van der Waals surface area contributed by atoms with Gasteiger partial charge < -0.3 is 15.0 Å². The number of pyridine rings is 1. The number of carbonyl (C=O) groups excluding carboxylic acids is 1. The van der Waals surface area contributed by atoms with E-state index in [1.807, 2.05) is 18.0 Å². The zero-order valence-electron chi connectivity index (χ0n) is 21.8. The number of H-pyrrole nitrogens is 1. The van der Waals surface area contributed by atoms with Crippen LogP contribution in [0.2, 0.25) is 0 Å². The van der Waals surface area contributed by atoms with Gasteiger partial charge in [0.05, 0.1) is 5.56 Å². The van der Waals surface area contributed by atoms with Crippen LogP contribution in [-0.2, 0) is 11.8 Å². The summed E-state index contributed by atoms with van der Waals surface area (Å²) in [5, 5.41) is 10.5. The summed E-state index contributed by atoms with van der Waals surface area (Å²) in [4.78, 5) is 32.0. The van der Waals surface area contributed by atoms with Gasteiger partial charge in [0.1, 0.15) is 5.75 Å². The summed E-state index contributed by atoms with van der Waals surface area (Å²) >= 11 is 0. The zero-order chi connectivity index (χ0) is 25.2. The van der Waals surface area contributed by atoms with Gasteiger partial charge in [0.2, 0.25) is 5.56 Å². The van der Waals surface area contributed by atoms with Crippen molar-refractivity contribution in [3.63, 3.8) is 0 Å². The lowest BCUT2D eigenvalue weighted by Crippen LogP contribution is -2.68. The van der Waals surface area contributed by atoms with Gasteiger partial charge in [0.25, 0.3) is 5.91 Å². The third kappa shape index (κ3) is 3.63. The second-order valence-corrected chi connectivity index (χ2v) is 12.4. The Kier molecular flexibility index (Phi) is 5.60. The van der Waals surface area contributed by atoms with E-state index in [1.54, 1.807) is 6.07 Å². The molecule has 5 atom stereocenters.